The fraction of sp³-hybridized carbons (Fsp3) is 0.125. The van der Waals surface area contributed by atoms with E-state index in [0.717, 1.165) is 16.7 Å². The van der Waals surface area contributed by atoms with Crippen LogP contribution in [0.2, 0.25) is 0 Å². The highest BCUT2D eigenvalue weighted by Crippen LogP contribution is 2.30. The van der Waals surface area contributed by atoms with Gasteiger partial charge in [0.25, 0.3) is 5.56 Å². The summed E-state index contributed by atoms with van der Waals surface area (Å²) in [6, 6.07) is 14.8. The highest BCUT2D eigenvalue weighted by atomic mass is 32.1. The monoisotopic (exact) mass is 473 g/mol. The first-order valence-corrected chi connectivity index (χ1v) is 11.4. The SMILES string of the molecule is Cc1ccc(-c2csc3ncn(CCC(=O)Nc4cccc(-c5noc(=O)[nH]5)c4)c(=O)c23)cc1. The number of hydrogen-bond acceptors (Lipinski definition) is 7. The molecule has 5 rings (SSSR count). The minimum absolute atomic E-state index is 0.0854. The molecular formula is C24H19N5O4S. The normalized spacial score (nSPS) is 11.1. The first kappa shape index (κ1) is 21.5. The molecular weight excluding hydrogens is 454 g/mol. The quantitative estimate of drug-likeness (QED) is 0.387. The van der Waals surface area contributed by atoms with Crippen molar-refractivity contribution in [2.45, 2.75) is 19.9 Å². The molecule has 0 saturated carbocycles. The van der Waals surface area contributed by atoms with E-state index in [2.05, 4.69) is 25.0 Å². The third-order valence-electron chi connectivity index (χ3n) is 5.36. The number of fused-ring (bicyclic) bond motifs is 1. The Kier molecular flexibility index (Phi) is 5.64. The van der Waals surface area contributed by atoms with Gasteiger partial charge in [0.2, 0.25) is 5.91 Å². The molecule has 0 spiro atoms. The van der Waals surface area contributed by atoms with Crippen LogP contribution in [-0.4, -0.2) is 25.6 Å². The Balaban J connectivity index is 1.32. The molecule has 1 amide bonds. The molecule has 0 aliphatic carbocycles. The molecule has 9 nitrogen and oxygen atoms in total. The van der Waals surface area contributed by atoms with E-state index in [1.54, 1.807) is 24.3 Å². The van der Waals surface area contributed by atoms with Crippen molar-refractivity contribution in [2.24, 2.45) is 0 Å². The van der Waals surface area contributed by atoms with E-state index in [0.29, 0.717) is 21.5 Å². The van der Waals surface area contributed by atoms with Gasteiger partial charge in [-0.3, -0.25) is 23.7 Å². The fourth-order valence-corrected chi connectivity index (χ4v) is 4.52. The Hall–Kier alpha value is -4.31. The zero-order chi connectivity index (χ0) is 23.7. The first-order chi connectivity index (χ1) is 16.5. The van der Waals surface area contributed by atoms with Crippen LogP contribution in [0.15, 0.2) is 74.4 Å². The molecule has 0 saturated heterocycles. The van der Waals surface area contributed by atoms with Gasteiger partial charge in [-0.2, -0.15) is 0 Å². The van der Waals surface area contributed by atoms with Crippen LogP contribution in [-0.2, 0) is 11.3 Å². The number of carbonyl (C=O) groups is 1. The van der Waals surface area contributed by atoms with Gasteiger partial charge >= 0.3 is 5.76 Å². The lowest BCUT2D eigenvalue weighted by molar-refractivity contribution is -0.116. The molecule has 0 fully saturated rings. The molecule has 2 N–H and O–H groups in total. The number of rotatable bonds is 6. The number of aromatic amines is 1. The van der Waals surface area contributed by atoms with Crippen LogP contribution in [0.4, 0.5) is 5.69 Å². The summed E-state index contributed by atoms with van der Waals surface area (Å²) in [5.41, 5.74) is 3.90. The van der Waals surface area contributed by atoms with Gasteiger partial charge in [-0.05, 0) is 24.6 Å². The second-order valence-corrected chi connectivity index (χ2v) is 8.62. The van der Waals surface area contributed by atoms with E-state index in [1.165, 1.54) is 22.2 Å². The average Bonchev–Trinajstić information content (AvgIpc) is 3.46. The Morgan fingerprint density at radius 1 is 1.15 bits per heavy atom. The lowest BCUT2D eigenvalue weighted by Gasteiger charge is -2.08. The third kappa shape index (κ3) is 4.30. The number of carbonyl (C=O) groups excluding carboxylic acids is 1. The number of aryl methyl sites for hydroxylation is 2. The summed E-state index contributed by atoms with van der Waals surface area (Å²) in [7, 11) is 0. The standard InChI is InChI=1S/C24H19N5O4S/c1-14-5-7-15(8-6-14)18-12-34-22-20(18)23(31)29(13-25-22)10-9-19(30)26-17-4-2-3-16(11-17)21-27-24(32)33-28-21/h2-8,11-13H,9-10H2,1H3,(H,26,30)(H,27,28,32). The summed E-state index contributed by atoms with van der Waals surface area (Å²) in [4.78, 5) is 44.4. The summed E-state index contributed by atoms with van der Waals surface area (Å²) in [6.45, 7) is 2.20. The summed E-state index contributed by atoms with van der Waals surface area (Å²) in [5.74, 6) is -0.648. The van der Waals surface area contributed by atoms with Crippen molar-refractivity contribution in [3.05, 3.63) is 86.7 Å². The molecule has 170 valence electrons. The highest BCUT2D eigenvalue weighted by molar-refractivity contribution is 7.17. The van der Waals surface area contributed by atoms with Gasteiger partial charge in [0, 0.05) is 35.2 Å². The van der Waals surface area contributed by atoms with Crippen molar-refractivity contribution in [2.75, 3.05) is 5.32 Å². The van der Waals surface area contributed by atoms with Crippen LogP contribution in [0, 0.1) is 6.92 Å². The number of nitrogens with one attached hydrogen (secondary N) is 2. The number of hydrogen-bond donors (Lipinski definition) is 2. The van der Waals surface area contributed by atoms with E-state index >= 15 is 0 Å². The largest absolute Gasteiger partial charge is 0.439 e. The lowest BCUT2D eigenvalue weighted by Crippen LogP contribution is -2.23. The predicted molar refractivity (Wildman–Crippen MR) is 130 cm³/mol. The molecule has 3 aromatic heterocycles. The maximum absolute atomic E-state index is 13.2. The summed E-state index contributed by atoms with van der Waals surface area (Å²) in [5, 5.41) is 8.95. The number of aromatic nitrogens is 4. The molecule has 0 atom stereocenters. The minimum Gasteiger partial charge on any atom is -0.326 e. The Morgan fingerprint density at radius 2 is 1.97 bits per heavy atom. The van der Waals surface area contributed by atoms with Gasteiger partial charge in [0.05, 0.1) is 11.7 Å². The van der Waals surface area contributed by atoms with Crippen molar-refractivity contribution in [1.82, 2.24) is 19.7 Å². The van der Waals surface area contributed by atoms with Gasteiger partial charge in [-0.15, -0.1) is 11.3 Å². The van der Waals surface area contributed by atoms with Crippen LogP contribution >= 0.6 is 11.3 Å². The first-order valence-electron chi connectivity index (χ1n) is 10.5. The van der Waals surface area contributed by atoms with Gasteiger partial charge in [-0.1, -0.05) is 47.1 Å². The number of H-pyrrole nitrogens is 1. The molecule has 5 aromatic rings. The van der Waals surface area contributed by atoms with Gasteiger partial charge in [0.15, 0.2) is 5.82 Å². The van der Waals surface area contributed by atoms with Crippen LogP contribution in [0.25, 0.3) is 32.7 Å². The number of benzene rings is 2. The van der Waals surface area contributed by atoms with Crippen molar-refractivity contribution < 1.29 is 9.32 Å². The van der Waals surface area contributed by atoms with Gasteiger partial charge < -0.3 is 5.32 Å². The predicted octanol–water partition coefficient (Wildman–Crippen LogP) is 3.81. The van der Waals surface area contributed by atoms with Gasteiger partial charge in [0.1, 0.15) is 4.83 Å². The lowest BCUT2D eigenvalue weighted by atomic mass is 10.1. The van der Waals surface area contributed by atoms with Crippen LogP contribution in [0.1, 0.15) is 12.0 Å². The van der Waals surface area contributed by atoms with Crippen molar-refractivity contribution in [3.63, 3.8) is 0 Å². The van der Waals surface area contributed by atoms with Crippen LogP contribution in [0.3, 0.4) is 0 Å². The third-order valence-corrected chi connectivity index (χ3v) is 6.25. The summed E-state index contributed by atoms with van der Waals surface area (Å²) in [6.07, 6.45) is 1.57. The van der Waals surface area contributed by atoms with Crippen molar-refractivity contribution in [1.29, 1.82) is 0 Å². The van der Waals surface area contributed by atoms with E-state index in [9.17, 15) is 14.4 Å². The minimum atomic E-state index is -0.656. The van der Waals surface area contributed by atoms with Crippen LogP contribution in [0.5, 0.6) is 0 Å². The summed E-state index contributed by atoms with van der Waals surface area (Å²) >= 11 is 1.43. The van der Waals surface area contributed by atoms with Gasteiger partial charge in [-0.25, -0.2) is 9.78 Å². The molecule has 0 radical (unpaired) electrons. The van der Waals surface area contributed by atoms with E-state index in [-0.39, 0.29) is 30.3 Å². The second kappa shape index (κ2) is 8.91. The molecule has 34 heavy (non-hydrogen) atoms. The smallest absolute Gasteiger partial charge is 0.326 e. The molecule has 0 unspecified atom stereocenters. The molecule has 3 heterocycles. The number of amides is 1. The van der Waals surface area contributed by atoms with Crippen LogP contribution < -0.4 is 16.6 Å². The van der Waals surface area contributed by atoms with E-state index in [4.69, 9.17) is 0 Å². The molecule has 10 heteroatoms. The van der Waals surface area contributed by atoms with Crippen molar-refractivity contribution >= 4 is 33.1 Å². The Morgan fingerprint density at radius 3 is 2.74 bits per heavy atom. The zero-order valence-corrected chi connectivity index (χ0v) is 18.9. The molecule has 0 bridgehead atoms. The molecule has 0 aliphatic rings. The second-order valence-electron chi connectivity index (χ2n) is 7.76. The Bertz CT molecular complexity index is 1610. The maximum Gasteiger partial charge on any atom is 0.439 e. The fourth-order valence-electron chi connectivity index (χ4n) is 3.62. The van der Waals surface area contributed by atoms with E-state index < -0.39 is 5.76 Å². The summed E-state index contributed by atoms with van der Waals surface area (Å²) < 4.78 is 5.98. The topological polar surface area (TPSA) is 123 Å². The molecule has 2 aromatic carbocycles. The van der Waals surface area contributed by atoms with Crippen molar-refractivity contribution in [3.8, 4) is 22.5 Å². The van der Waals surface area contributed by atoms with E-state index in [1.807, 2.05) is 36.6 Å². The average molecular weight is 474 g/mol. The number of nitrogens with zero attached hydrogens (tertiary/aromatic N) is 3. The number of anilines is 1. The Labute approximate surface area is 196 Å². The molecule has 0 aliphatic heterocycles. The maximum atomic E-state index is 13.2. The zero-order valence-electron chi connectivity index (χ0n) is 18.1. The highest BCUT2D eigenvalue weighted by Gasteiger charge is 2.14. The number of thiophene rings is 1.